The molecule has 4 heteroatoms. The van der Waals surface area contributed by atoms with Gasteiger partial charge in [0.1, 0.15) is 6.26 Å². The number of carbonyl (C=O) groups is 1. The summed E-state index contributed by atoms with van der Waals surface area (Å²) in [5.74, 6) is -0.0155. The van der Waals surface area contributed by atoms with E-state index in [-0.39, 0.29) is 18.2 Å². The predicted molar refractivity (Wildman–Crippen MR) is 47.5 cm³/mol. The van der Waals surface area contributed by atoms with Gasteiger partial charge in [-0.1, -0.05) is 0 Å². The zero-order chi connectivity index (χ0) is 9.68. The van der Waals surface area contributed by atoms with Crippen molar-refractivity contribution in [2.45, 2.75) is 12.5 Å². The molecule has 1 heterocycles. The van der Waals surface area contributed by atoms with Gasteiger partial charge in [0.15, 0.2) is 5.78 Å². The first kappa shape index (κ1) is 9.95. The van der Waals surface area contributed by atoms with Crippen LogP contribution in [0.4, 0.5) is 0 Å². The van der Waals surface area contributed by atoms with E-state index in [1.54, 1.807) is 13.2 Å². The highest BCUT2D eigenvalue weighted by Gasteiger charge is 2.11. The second kappa shape index (κ2) is 4.79. The second-order valence-corrected chi connectivity index (χ2v) is 2.85. The number of hydrogen-bond donors (Lipinski definition) is 1. The van der Waals surface area contributed by atoms with Crippen LogP contribution in [0.3, 0.4) is 0 Å². The maximum Gasteiger partial charge on any atom is 0.167 e. The lowest BCUT2D eigenvalue weighted by molar-refractivity contribution is 0.0948. The van der Waals surface area contributed by atoms with Crippen molar-refractivity contribution in [3.63, 3.8) is 0 Å². The summed E-state index contributed by atoms with van der Waals surface area (Å²) in [5.41, 5.74) is 6.18. The minimum atomic E-state index is -0.243. The molecule has 1 aromatic rings. The summed E-state index contributed by atoms with van der Waals surface area (Å²) in [5, 5.41) is 0. The summed E-state index contributed by atoms with van der Waals surface area (Å²) in [4.78, 5) is 11.4. The van der Waals surface area contributed by atoms with Gasteiger partial charge >= 0.3 is 0 Å². The van der Waals surface area contributed by atoms with Crippen LogP contribution in [0.2, 0.25) is 0 Å². The molecule has 1 aromatic heterocycles. The molecule has 0 aliphatic rings. The zero-order valence-electron chi connectivity index (χ0n) is 7.53. The van der Waals surface area contributed by atoms with E-state index in [4.69, 9.17) is 14.9 Å². The number of Topliss-reactive ketones (excluding diaryl/α,β-unsaturated/α-hetero) is 1. The van der Waals surface area contributed by atoms with Crippen LogP contribution in [0.25, 0.3) is 0 Å². The Bertz CT molecular complexity index is 256. The molecule has 0 radical (unpaired) electrons. The van der Waals surface area contributed by atoms with Crippen molar-refractivity contribution in [3.05, 3.63) is 24.2 Å². The van der Waals surface area contributed by atoms with E-state index in [1.165, 1.54) is 12.5 Å². The molecule has 0 bridgehead atoms. The summed E-state index contributed by atoms with van der Waals surface area (Å²) in [6.07, 6.45) is 3.17. The van der Waals surface area contributed by atoms with Gasteiger partial charge in [-0.15, -0.1) is 0 Å². The topological polar surface area (TPSA) is 65.5 Å². The van der Waals surface area contributed by atoms with E-state index >= 15 is 0 Å². The Hall–Kier alpha value is -1.13. The quantitative estimate of drug-likeness (QED) is 0.686. The van der Waals surface area contributed by atoms with Gasteiger partial charge in [-0.3, -0.25) is 4.79 Å². The largest absolute Gasteiger partial charge is 0.472 e. The highest BCUT2D eigenvalue weighted by Crippen LogP contribution is 2.05. The number of hydrogen-bond acceptors (Lipinski definition) is 4. The van der Waals surface area contributed by atoms with Crippen LogP contribution in [0.1, 0.15) is 16.8 Å². The summed E-state index contributed by atoms with van der Waals surface area (Å²) in [6.45, 7) is 0.392. The third-order valence-electron chi connectivity index (χ3n) is 1.67. The second-order valence-electron chi connectivity index (χ2n) is 2.85. The number of ketones is 1. The van der Waals surface area contributed by atoms with Gasteiger partial charge in [-0.25, -0.2) is 0 Å². The van der Waals surface area contributed by atoms with Crippen LogP contribution >= 0.6 is 0 Å². The van der Waals surface area contributed by atoms with E-state index in [2.05, 4.69) is 0 Å². The molecular weight excluding hydrogens is 170 g/mol. The molecule has 0 aromatic carbocycles. The van der Waals surface area contributed by atoms with E-state index in [0.717, 1.165) is 0 Å². The minimum Gasteiger partial charge on any atom is -0.472 e. The third-order valence-corrected chi connectivity index (χ3v) is 1.67. The summed E-state index contributed by atoms with van der Waals surface area (Å²) >= 11 is 0. The molecule has 0 saturated carbocycles. The summed E-state index contributed by atoms with van der Waals surface area (Å²) in [7, 11) is 1.56. The third kappa shape index (κ3) is 3.01. The zero-order valence-corrected chi connectivity index (χ0v) is 7.53. The van der Waals surface area contributed by atoms with Crippen molar-refractivity contribution in [2.24, 2.45) is 5.73 Å². The molecule has 2 N–H and O–H groups in total. The van der Waals surface area contributed by atoms with E-state index in [1.807, 2.05) is 0 Å². The highest BCUT2D eigenvalue weighted by atomic mass is 16.5. The Kier molecular flexibility index (Phi) is 3.67. The fourth-order valence-corrected chi connectivity index (χ4v) is 1.05. The molecular formula is C9H13NO3. The van der Waals surface area contributed by atoms with Crippen LogP contribution in [0.15, 0.2) is 23.0 Å². The molecule has 72 valence electrons. The van der Waals surface area contributed by atoms with Gasteiger partial charge in [-0.05, 0) is 6.07 Å². The average Bonchev–Trinajstić information content (AvgIpc) is 2.55. The highest BCUT2D eigenvalue weighted by molar-refractivity contribution is 5.96. The molecule has 0 fully saturated rings. The maximum atomic E-state index is 11.4. The molecule has 0 spiro atoms. The van der Waals surface area contributed by atoms with Crippen LogP contribution in [-0.2, 0) is 4.74 Å². The Balaban J connectivity index is 2.42. The van der Waals surface area contributed by atoms with Crippen molar-refractivity contribution < 1.29 is 13.9 Å². The van der Waals surface area contributed by atoms with Crippen molar-refractivity contribution in [2.75, 3.05) is 13.7 Å². The van der Waals surface area contributed by atoms with E-state index < -0.39 is 0 Å². The molecule has 1 unspecified atom stereocenters. The van der Waals surface area contributed by atoms with Crippen LogP contribution in [0, 0.1) is 0 Å². The lowest BCUT2D eigenvalue weighted by Crippen LogP contribution is -2.28. The predicted octanol–water partition coefficient (Wildman–Crippen LogP) is 0.826. The number of ether oxygens (including phenoxy) is 1. The van der Waals surface area contributed by atoms with Gasteiger partial charge in [-0.2, -0.15) is 0 Å². The summed E-state index contributed by atoms with van der Waals surface area (Å²) in [6, 6.07) is 1.38. The first-order chi connectivity index (χ1) is 6.24. The van der Waals surface area contributed by atoms with Crippen LogP contribution in [-0.4, -0.2) is 25.5 Å². The molecule has 13 heavy (non-hydrogen) atoms. The van der Waals surface area contributed by atoms with Crippen LogP contribution < -0.4 is 5.73 Å². The molecule has 1 atom stereocenters. The number of methoxy groups -OCH3 is 1. The normalized spacial score (nSPS) is 12.8. The summed E-state index contributed by atoms with van der Waals surface area (Å²) < 4.78 is 9.61. The average molecular weight is 183 g/mol. The van der Waals surface area contributed by atoms with Crippen LogP contribution in [0.5, 0.6) is 0 Å². The standard InChI is InChI=1S/C9H13NO3/c1-12-6-8(10)4-9(11)7-2-3-13-5-7/h2-3,5,8H,4,6,10H2,1H3. The van der Waals surface area contributed by atoms with Gasteiger partial charge in [0.25, 0.3) is 0 Å². The van der Waals surface area contributed by atoms with Gasteiger partial charge in [0.2, 0.25) is 0 Å². The number of nitrogens with two attached hydrogens (primary N) is 1. The van der Waals surface area contributed by atoms with Gasteiger partial charge in [0, 0.05) is 19.6 Å². The van der Waals surface area contributed by atoms with E-state index in [0.29, 0.717) is 12.2 Å². The lowest BCUT2D eigenvalue weighted by Gasteiger charge is -2.07. The fraction of sp³-hybridized carbons (Fsp3) is 0.444. The smallest absolute Gasteiger partial charge is 0.167 e. The molecule has 0 aliphatic carbocycles. The van der Waals surface area contributed by atoms with Crippen molar-refractivity contribution in [1.29, 1.82) is 0 Å². The molecule has 4 nitrogen and oxygen atoms in total. The first-order valence-electron chi connectivity index (χ1n) is 4.04. The first-order valence-corrected chi connectivity index (χ1v) is 4.04. The SMILES string of the molecule is COCC(N)CC(=O)c1ccoc1. The van der Waals surface area contributed by atoms with Crippen molar-refractivity contribution in [3.8, 4) is 0 Å². The van der Waals surface area contributed by atoms with Gasteiger partial charge < -0.3 is 14.9 Å². The minimum absolute atomic E-state index is 0.0155. The monoisotopic (exact) mass is 183 g/mol. The molecule has 0 aliphatic heterocycles. The Labute approximate surface area is 76.7 Å². The maximum absolute atomic E-state index is 11.4. The molecule has 1 rings (SSSR count). The molecule has 0 amide bonds. The fourth-order valence-electron chi connectivity index (χ4n) is 1.05. The van der Waals surface area contributed by atoms with Gasteiger partial charge in [0.05, 0.1) is 18.4 Å². The Morgan fingerprint density at radius 2 is 2.54 bits per heavy atom. The Morgan fingerprint density at radius 1 is 1.77 bits per heavy atom. The Morgan fingerprint density at radius 3 is 3.08 bits per heavy atom. The number of furan rings is 1. The number of carbonyl (C=O) groups excluding carboxylic acids is 1. The number of rotatable bonds is 5. The van der Waals surface area contributed by atoms with Crippen molar-refractivity contribution in [1.82, 2.24) is 0 Å². The van der Waals surface area contributed by atoms with E-state index in [9.17, 15) is 4.79 Å². The van der Waals surface area contributed by atoms with Crippen molar-refractivity contribution >= 4 is 5.78 Å². The lowest BCUT2D eigenvalue weighted by atomic mass is 10.1. The molecule has 0 saturated heterocycles.